The van der Waals surface area contributed by atoms with Gasteiger partial charge in [-0.25, -0.2) is 4.98 Å². The quantitative estimate of drug-likeness (QED) is 0.612. The van der Waals surface area contributed by atoms with Crippen LogP contribution in [0.5, 0.6) is 5.75 Å². The molecule has 1 unspecified atom stereocenters. The summed E-state index contributed by atoms with van der Waals surface area (Å²) in [5, 5.41) is 13.7. The number of hydrogen-bond donors (Lipinski definition) is 3. The van der Waals surface area contributed by atoms with Crippen molar-refractivity contribution in [2.24, 2.45) is 0 Å². The van der Waals surface area contributed by atoms with E-state index in [1.54, 1.807) is 18.7 Å². The fraction of sp³-hybridized carbons (Fsp3) is 0.350. The van der Waals surface area contributed by atoms with Gasteiger partial charge in [0.25, 0.3) is 5.91 Å². The minimum absolute atomic E-state index is 0.182. The Kier molecular flexibility index (Phi) is 4.98. The van der Waals surface area contributed by atoms with Crippen LogP contribution in [-0.2, 0) is 11.3 Å². The smallest absolute Gasteiger partial charge is 0.257 e. The zero-order chi connectivity index (χ0) is 20.5. The second-order valence-corrected chi connectivity index (χ2v) is 7.01. The monoisotopic (exact) mass is 396 g/mol. The number of nitrogens with one attached hydrogen (secondary N) is 3. The molecular weight excluding hydrogens is 372 g/mol. The molecule has 1 aliphatic rings. The molecule has 0 aliphatic carbocycles. The van der Waals surface area contributed by atoms with Crippen molar-refractivity contribution in [3.63, 3.8) is 0 Å². The second kappa shape index (κ2) is 7.59. The van der Waals surface area contributed by atoms with E-state index < -0.39 is 0 Å². The molecule has 0 fully saturated rings. The lowest BCUT2D eigenvalue weighted by atomic mass is 10.1. The number of fused-ring (bicyclic) bond motifs is 3. The Balaban J connectivity index is 1.89. The van der Waals surface area contributed by atoms with Gasteiger partial charge in [0.15, 0.2) is 5.65 Å². The number of carbonyl (C=O) groups excluding carboxylic acids is 1. The van der Waals surface area contributed by atoms with E-state index in [2.05, 4.69) is 26.0 Å². The molecule has 3 aromatic rings. The minimum atomic E-state index is -0.247. The van der Waals surface area contributed by atoms with Crippen LogP contribution in [0, 0.1) is 0 Å². The molecule has 0 radical (unpaired) electrons. The van der Waals surface area contributed by atoms with Crippen LogP contribution >= 0.6 is 0 Å². The summed E-state index contributed by atoms with van der Waals surface area (Å²) in [7, 11) is 3.41. The van der Waals surface area contributed by atoms with Crippen molar-refractivity contribution in [3.05, 3.63) is 41.6 Å². The van der Waals surface area contributed by atoms with Gasteiger partial charge in [0.05, 0.1) is 37.7 Å². The van der Waals surface area contributed by atoms with Crippen LogP contribution in [0.2, 0.25) is 0 Å². The van der Waals surface area contributed by atoms with Gasteiger partial charge in [0.1, 0.15) is 22.9 Å². The molecule has 29 heavy (non-hydrogen) atoms. The largest absolute Gasteiger partial charge is 0.495 e. The Hall–Kier alpha value is -3.33. The fourth-order valence-electron chi connectivity index (χ4n) is 3.22. The minimum Gasteiger partial charge on any atom is -0.495 e. The number of benzene rings is 1. The summed E-state index contributed by atoms with van der Waals surface area (Å²) in [6.07, 6.45) is 1.34. The molecule has 1 amide bonds. The van der Waals surface area contributed by atoms with Gasteiger partial charge in [0, 0.05) is 13.1 Å². The second-order valence-electron chi connectivity index (χ2n) is 7.01. The number of hydrogen-bond acceptors (Lipinski definition) is 7. The number of methoxy groups -OCH3 is 1. The summed E-state index contributed by atoms with van der Waals surface area (Å²) < 4.78 is 13.1. The van der Waals surface area contributed by atoms with Crippen LogP contribution in [0.15, 0.2) is 30.5 Å². The normalized spacial score (nSPS) is 19.4. The SMILES string of the molecule is CNc1cc2nc3c(cnn13)C(=O)N[C@H](C)C(C)OCc1ccc(OC)c(c1)N2. The highest BCUT2D eigenvalue weighted by molar-refractivity contribution is 6.00. The molecular formula is C20H24N6O3. The third-order valence-electron chi connectivity index (χ3n) is 5.07. The van der Waals surface area contributed by atoms with Crippen molar-refractivity contribution in [3.8, 4) is 5.75 Å². The molecule has 1 aliphatic heterocycles. The first-order valence-corrected chi connectivity index (χ1v) is 9.43. The lowest BCUT2D eigenvalue weighted by molar-refractivity contribution is 0.0303. The summed E-state index contributed by atoms with van der Waals surface area (Å²) >= 11 is 0. The summed E-state index contributed by atoms with van der Waals surface area (Å²) in [5.74, 6) is 1.69. The highest BCUT2D eigenvalue weighted by Crippen LogP contribution is 2.30. The number of nitrogens with zero attached hydrogens (tertiary/aromatic N) is 3. The highest BCUT2D eigenvalue weighted by atomic mass is 16.5. The summed E-state index contributed by atoms with van der Waals surface area (Å²) in [4.78, 5) is 17.5. The molecule has 3 heterocycles. The van der Waals surface area contributed by atoms with Crippen molar-refractivity contribution < 1.29 is 14.3 Å². The third kappa shape index (κ3) is 3.56. The molecule has 0 saturated heterocycles. The zero-order valence-electron chi connectivity index (χ0n) is 16.8. The number of ether oxygens (including phenoxy) is 2. The molecule has 0 saturated carbocycles. The Labute approximate surface area is 168 Å². The van der Waals surface area contributed by atoms with Crippen LogP contribution in [-0.4, -0.2) is 46.8 Å². The number of amides is 1. The average molecular weight is 396 g/mol. The Bertz CT molecular complexity index is 1060. The Morgan fingerprint density at radius 1 is 1.31 bits per heavy atom. The highest BCUT2D eigenvalue weighted by Gasteiger charge is 2.22. The molecule has 152 valence electrons. The van der Waals surface area contributed by atoms with Gasteiger partial charge in [-0.15, -0.1) is 0 Å². The summed E-state index contributed by atoms with van der Waals surface area (Å²) in [5.41, 5.74) is 2.58. The van der Waals surface area contributed by atoms with E-state index in [-0.39, 0.29) is 18.1 Å². The van der Waals surface area contributed by atoms with Gasteiger partial charge in [0.2, 0.25) is 0 Å². The lowest BCUT2D eigenvalue weighted by Gasteiger charge is -2.22. The summed E-state index contributed by atoms with van der Waals surface area (Å²) in [6.45, 7) is 4.26. The number of anilines is 3. The van der Waals surface area contributed by atoms with E-state index in [0.717, 1.165) is 11.3 Å². The van der Waals surface area contributed by atoms with Crippen LogP contribution in [0.4, 0.5) is 17.3 Å². The molecule has 2 atom stereocenters. The first-order chi connectivity index (χ1) is 14.0. The predicted molar refractivity (Wildman–Crippen MR) is 110 cm³/mol. The first-order valence-electron chi connectivity index (χ1n) is 9.43. The van der Waals surface area contributed by atoms with E-state index in [4.69, 9.17) is 9.47 Å². The Morgan fingerprint density at radius 2 is 2.14 bits per heavy atom. The van der Waals surface area contributed by atoms with Crippen molar-refractivity contribution in [2.75, 3.05) is 24.8 Å². The standard InChI is InChI=1S/C20H24N6O3/c1-11-12(2)29-10-13-5-6-16(28-4)15(7-13)24-17-8-18(21-3)26-19(25-17)14(9-22-26)20(27)23-11/h5-9,11-12,21H,10H2,1-4H3,(H,23,27)(H,24,25)/t11-,12?/m1/s1. The maximum absolute atomic E-state index is 12.9. The van der Waals surface area contributed by atoms with E-state index in [9.17, 15) is 4.79 Å². The molecule has 1 aromatic carbocycles. The van der Waals surface area contributed by atoms with Crippen LogP contribution < -0.4 is 20.7 Å². The van der Waals surface area contributed by atoms with Gasteiger partial charge >= 0.3 is 0 Å². The van der Waals surface area contributed by atoms with E-state index in [1.165, 1.54) is 6.20 Å². The number of aromatic nitrogens is 3. The van der Waals surface area contributed by atoms with E-state index in [1.807, 2.05) is 38.1 Å². The van der Waals surface area contributed by atoms with Gasteiger partial charge < -0.3 is 25.4 Å². The van der Waals surface area contributed by atoms with Crippen molar-refractivity contribution in [1.82, 2.24) is 19.9 Å². The fourth-order valence-corrected chi connectivity index (χ4v) is 3.22. The molecule has 9 heteroatoms. The zero-order valence-corrected chi connectivity index (χ0v) is 16.8. The lowest BCUT2D eigenvalue weighted by Crippen LogP contribution is -2.41. The topological polar surface area (TPSA) is 102 Å². The van der Waals surface area contributed by atoms with E-state index >= 15 is 0 Å². The van der Waals surface area contributed by atoms with Crippen LogP contribution in [0.1, 0.15) is 29.8 Å². The molecule has 4 rings (SSSR count). The van der Waals surface area contributed by atoms with Gasteiger partial charge in [-0.1, -0.05) is 6.07 Å². The maximum atomic E-state index is 12.9. The molecule has 3 N–H and O–H groups in total. The van der Waals surface area contributed by atoms with Gasteiger partial charge in [-0.3, -0.25) is 4.79 Å². The molecule has 4 bridgehead atoms. The van der Waals surface area contributed by atoms with Crippen LogP contribution in [0.3, 0.4) is 0 Å². The van der Waals surface area contributed by atoms with Crippen LogP contribution in [0.25, 0.3) is 5.65 Å². The van der Waals surface area contributed by atoms with Crippen molar-refractivity contribution in [1.29, 1.82) is 0 Å². The molecule has 2 aromatic heterocycles. The van der Waals surface area contributed by atoms with Gasteiger partial charge in [-0.05, 0) is 31.5 Å². The molecule has 0 spiro atoms. The average Bonchev–Trinajstić information content (AvgIpc) is 3.15. The predicted octanol–water partition coefficient (Wildman–Crippen LogP) is 2.56. The first kappa shape index (κ1) is 19.0. The maximum Gasteiger partial charge on any atom is 0.257 e. The van der Waals surface area contributed by atoms with E-state index in [0.29, 0.717) is 35.2 Å². The number of rotatable bonds is 2. The number of carbonyl (C=O) groups is 1. The summed E-state index contributed by atoms with van der Waals surface area (Å²) in [6, 6.07) is 7.45. The third-order valence-corrected chi connectivity index (χ3v) is 5.07. The Morgan fingerprint density at radius 3 is 2.90 bits per heavy atom. The van der Waals surface area contributed by atoms with Crippen molar-refractivity contribution >= 4 is 28.9 Å². The van der Waals surface area contributed by atoms with Gasteiger partial charge in [-0.2, -0.15) is 9.61 Å². The molecule has 9 nitrogen and oxygen atoms in total. The van der Waals surface area contributed by atoms with Crippen molar-refractivity contribution in [2.45, 2.75) is 32.6 Å².